The van der Waals surface area contributed by atoms with Crippen molar-refractivity contribution in [1.29, 1.82) is 0 Å². The van der Waals surface area contributed by atoms with Gasteiger partial charge in [-0.25, -0.2) is 9.18 Å². The Morgan fingerprint density at radius 1 is 1.35 bits per heavy atom. The van der Waals surface area contributed by atoms with Crippen LogP contribution in [-0.2, 0) is 9.53 Å². The van der Waals surface area contributed by atoms with Crippen molar-refractivity contribution in [2.75, 3.05) is 18.0 Å². The van der Waals surface area contributed by atoms with Gasteiger partial charge in [0.25, 0.3) is 0 Å². The predicted molar refractivity (Wildman–Crippen MR) is 84.7 cm³/mol. The molecule has 8 heteroatoms. The van der Waals surface area contributed by atoms with Crippen LogP contribution in [-0.4, -0.2) is 36.3 Å². The number of carbonyl (C=O) groups excluding carboxylic acids is 2. The number of ether oxygens (including phenoxy) is 1. The molecule has 1 saturated heterocycles. The summed E-state index contributed by atoms with van der Waals surface area (Å²) in [5, 5.41) is 2.46. The van der Waals surface area contributed by atoms with Crippen molar-refractivity contribution in [2.45, 2.75) is 6.10 Å². The highest BCUT2D eigenvalue weighted by Gasteiger charge is 2.32. The van der Waals surface area contributed by atoms with Crippen LogP contribution in [0.3, 0.4) is 0 Å². The van der Waals surface area contributed by atoms with Gasteiger partial charge in [0, 0.05) is 12.4 Å². The molecular formula is C15H15ClFN3O3. The average molecular weight is 340 g/mol. The maximum Gasteiger partial charge on any atom is 0.414 e. The molecule has 23 heavy (non-hydrogen) atoms. The fourth-order valence-electron chi connectivity index (χ4n) is 2.39. The molecule has 0 bridgehead atoms. The molecule has 0 spiro atoms. The number of nitrogens with one attached hydrogen (secondary N) is 1. The van der Waals surface area contributed by atoms with Gasteiger partial charge in [-0.1, -0.05) is 0 Å². The van der Waals surface area contributed by atoms with E-state index < -0.39 is 18.0 Å². The van der Waals surface area contributed by atoms with E-state index in [1.807, 2.05) is 0 Å². The van der Waals surface area contributed by atoms with E-state index in [0.29, 0.717) is 17.8 Å². The van der Waals surface area contributed by atoms with Crippen LogP contribution in [0.25, 0.3) is 5.69 Å². The quantitative estimate of drug-likeness (QED) is 0.849. The third-order valence-corrected chi connectivity index (χ3v) is 3.43. The van der Waals surface area contributed by atoms with Gasteiger partial charge >= 0.3 is 6.09 Å². The summed E-state index contributed by atoms with van der Waals surface area (Å²) >= 11 is 0. The zero-order valence-corrected chi connectivity index (χ0v) is 12.8. The van der Waals surface area contributed by atoms with Crippen LogP contribution >= 0.6 is 12.4 Å². The number of rotatable bonds is 5. The lowest BCUT2D eigenvalue weighted by Gasteiger charge is -2.14. The van der Waals surface area contributed by atoms with Gasteiger partial charge in [-0.3, -0.25) is 9.69 Å². The van der Waals surface area contributed by atoms with Crippen LogP contribution in [0.2, 0.25) is 0 Å². The van der Waals surface area contributed by atoms with Gasteiger partial charge in [-0.05, 0) is 30.3 Å². The van der Waals surface area contributed by atoms with E-state index in [0.717, 1.165) is 0 Å². The molecule has 6 nitrogen and oxygen atoms in total. The maximum atomic E-state index is 14.2. The van der Waals surface area contributed by atoms with Gasteiger partial charge in [0.1, 0.15) is 11.9 Å². The van der Waals surface area contributed by atoms with Crippen molar-refractivity contribution < 1.29 is 18.7 Å². The van der Waals surface area contributed by atoms with Crippen molar-refractivity contribution in [3.05, 3.63) is 48.5 Å². The summed E-state index contributed by atoms with van der Waals surface area (Å²) in [6, 6.07) is 8.17. The third kappa shape index (κ3) is 3.45. The van der Waals surface area contributed by atoms with E-state index in [4.69, 9.17) is 4.74 Å². The summed E-state index contributed by atoms with van der Waals surface area (Å²) in [5.74, 6) is -0.434. The van der Waals surface area contributed by atoms with Gasteiger partial charge in [0.05, 0.1) is 24.5 Å². The molecule has 2 amide bonds. The van der Waals surface area contributed by atoms with Crippen molar-refractivity contribution in [3.63, 3.8) is 0 Å². The molecule has 1 aliphatic rings. The lowest BCUT2D eigenvalue weighted by atomic mass is 10.2. The van der Waals surface area contributed by atoms with Crippen molar-refractivity contribution in [3.8, 4) is 5.69 Å². The molecule has 2 aromatic rings. The minimum absolute atomic E-state index is 0. The summed E-state index contributed by atoms with van der Waals surface area (Å²) in [6.07, 6.45) is 3.03. The number of anilines is 1. The van der Waals surface area contributed by atoms with Crippen LogP contribution in [0, 0.1) is 5.82 Å². The molecule has 2 heterocycles. The number of hydrogen-bond acceptors (Lipinski definition) is 3. The predicted octanol–water partition coefficient (Wildman–Crippen LogP) is 2.11. The Hall–Kier alpha value is -2.54. The second-order valence-corrected chi connectivity index (χ2v) is 4.87. The SMILES string of the molecule is Cl.O=CNCC1CN(c2ccc(-n3cccc3)c(F)c2)C(=O)O1. The van der Waals surface area contributed by atoms with Gasteiger partial charge < -0.3 is 14.6 Å². The van der Waals surface area contributed by atoms with E-state index in [-0.39, 0.29) is 25.5 Å². The first-order valence-electron chi connectivity index (χ1n) is 6.77. The summed E-state index contributed by atoms with van der Waals surface area (Å²) in [5.41, 5.74) is 0.826. The average Bonchev–Trinajstić information content (AvgIpc) is 3.14. The van der Waals surface area contributed by atoms with Crippen LogP contribution in [0.4, 0.5) is 14.9 Å². The zero-order chi connectivity index (χ0) is 15.5. The van der Waals surface area contributed by atoms with Crippen molar-refractivity contribution in [2.24, 2.45) is 0 Å². The molecule has 0 aliphatic carbocycles. The topological polar surface area (TPSA) is 63.6 Å². The normalized spacial score (nSPS) is 16.7. The Kier molecular flexibility index (Phi) is 5.23. The first-order valence-corrected chi connectivity index (χ1v) is 6.77. The first kappa shape index (κ1) is 16.8. The fraction of sp³-hybridized carbons (Fsp3) is 0.200. The van der Waals surface area contributed by atoms with E-state index in [1.165, 1.54) is 11.0 Å². The largest absolute Gasteiger partial charge is 0.442 e. The fourth-order valence-corrected chi connectivity index (χ4v) is 2.39. The van der Waals surface area contributed by atoms with Crippen LogP contribution < -0.4 is 10.2 Å². The molecule has 0 saturated carbocycles. The number of cyclic esters (lactones) is 1. The molecule has 1 unspecified atom stereocenters. The van der Waals surface area contributed by atoms with Gasteiger partial charge in [0.15, 0.2) is 0 Å². The summed E-state index contributed by atoms with van der Waals surface area (Å²) in [7, 11) is 0. The lowest BCUT2D eigenvalue weighted by molar-refractivity contribution is -0.109. The lowest BCUT2D eigenvalue weighted by Crippen LogP contribution is -2.30. The maximum absolute atomic E-state index is 14.2. The first-order chi connectivity index (χ1) is 10.7. The number of carbonyl (C=O) groups is 2. The number of hydrogen-bond donors (Lipinski definition) is 1. The molecule has 0 radical (unpaired) electrons. The Balaban J connectivity index is 0.00000192. The number of aromatic nitrogens is 1. The summed E-state index contributed by atoms with van der Waals surface area (Å²) in [6.45, 7) is 0.498. The second-order valence-electron chi connectivity index (χ2n) is 4.87. The molecule has 1 N–H and O–H groups in total. The van der Waals surface area contributed by atoms with Gasteiger partial charge in [0.2, 0.25) is 6.41 Å². The van der Waals surface area contributed by atoms with Gasteiger partial charge in [-0.15, -0.1) is 12.4 Å². The smallest absolute Gasteiger partial charge is 0.414 e. The summed E-state index contributed by atoms with van der Waals surface area (Å²) < 4.78 is 21.0. The van der Waals surface area contributed by atoms with Gasteiger partial charge in [-0.2, -0.15) is 0 Å². The van der Waals surface area contributed by atoms with Crippen molar-refractivity contribution in [1.82, 2.24) is 9.88 Å². The number of benzene rings is 1. The van der Waals surface area contributed by atoms with Crippen LogP contribution in [0.5, 0.6) is 0 Å². The Labute approximate surface area is 138 Å². The highest BCUT2D eigenvalue weighted by atomic mass is 35.5. The molecule has 1 fully saturated rings. The van der Waals surface area contributed by atoms with Crippen LogP contribution in [0.15, 0.2) is 42.7 Å². The Morgan fingerprint density at radius 2 is 2.09 bits per heavy atom. The summed E-state index contributed by atoms with van der Waals surface area (Å²) in [4.78, 5) is 23.5. The zero-order valence-electron chi connectivity index (χ0n) is 12.0. The second kappa shape index (κ2) is 7.15. The molecule has 1 aromatic carbocycles. The van der Waals surface area contributed by atoms with E-state index in [9.17, 15) is 14.0 Å². The molecule has 3 rings (SSSR count). The van der Waals surface area contributed by atoms with Crippen molar-refractivity contribution >= 4 is 30.6 Å². The minimum Gasteiger partial charge on any atom is -0.442 e. The number of nitrogens with zero attached hydrogens (tertiary/aromatic N) is 2. The monoisotopic (exact) mass is 339 g/mol. The Morgan fingerprint density at radius 3 is 2.74 bits per heavy atom. The number of amides is 2. The highest BCUT2D eigenvalue weighted by Crippen LogP contribution is 2.25. The highest BCUT2D eigenvalue weighted by molar-refractivity contribution is 5.89. The molecule has 1 aliphatic heterocycles. The minimum atomic E-state index is -0.550. The van der Waals surface area contributed by atoms with Crippen LogP contribution in [0.1, 0.15) is 0 Å². The third-order valence-electron chi connectivity index (χ3n) is 3.43. The Bertz CT molecular complexity index is 693. The molecule has 1 aromatic heterocycles. The van der Waals surface area contributed by atoms with E-state index in [1.54, 1.807) is 41.2 Å². The molecule has 1 atom stereocenters. The molecular weight excluding hydrogens is 325 g/mol. The van der Waals surface area contributed by atoms with E-state index >= 15 is 0 Å². The molecule has 122 valence electrons. The number of halogens is 2. The van der Waals surface area contributed by atoms with E-state index in [2.05, 4.69) is 5.32 Å². The standard InChI is InChI=1S/C15H14FN3O3.ClH/c16-13-7-11(3-4-14(13)18-5-1-2-6-18)19-9-12(8-17-10-20)22-15(19)21;/h1-7,10,12H,8-9H2,(H,17,20);1H.